The molecule has 0 atom stereocenters. The Morgan fingerprint density at radius 3 is 2.85 bits per heavy atom. The number of nitrogens with one attached hydrogen (secondary N) is 2. The van der Waals surface area contributed by atoms with Gasteiger partial charge in [0, 0.05) is 42.7 Å². The van der Waals surface area contributed by atoms with Gasteiger partial charge in [-0.15, -0.1) is 0 Å². The van der Waals surface area contributed by atoms with Crippen molar-refractivity contribution in [1.82, 2.24) is 25.1 Å². The molecule has 1 aromatic carbocycles. The fourth-order valence-electron chi connectivity index (χ4n) is 3.67. The highest BCUT2D eigenvalue weighted by atomic mass is 15.3. The molecule has 5 rings (SSSR count). The van der Waals surface area contributed by atoms with Crippen LogP contribution in [0.1, 0.15) is 30.9 Å². The summed E-state index contributed by atoms with van der Waals surface area (Å²) < 4.78 is 0. The Morgan fingerprint density at radius 2 is 1.96 bits per heavy atom. The van der Waals surface area contributed by atoms with Gasteiger partial charge in [0.15, 0.2) is 5.82 Å². The fourth-order valence-corrected chi connectivity index (χ4v) is 3.67. The van der Waals surface area contributed by atoms with Crippen LogP contribution < -0.4 is 10.2 Å². The molecule has 1 aliphatic heterocycles. The minimum absolute atomic E-state index is 0.653. The van der Waals surface area contributed by atoms with E-state index in [-0.39, 0.29) is 0 Å². The van der Waals surface area contributed by atoms with Crippen LogP contribution >= 0.6 is 0 Å². The number of aromatic amines is 1. The van der Waals surface area contributed by atoms with Gasteiger partial charge in [-0.1, -0.05) is 12.1 Å². The number of likely N-dealkylation sites (N-methyl/N-ethyl adjacent to an activating group) is 1. The van der Waals surface area contributed by atoms with E-state index in [1.165, 1.54) is 18.5 Å². The van der Waals surface area contributed by atoms with Crippen LogP contribution in [0.3, 0.4) is 0 Å². The van der Waals surface area contributed by atoms with Crippen LogP contribution in [-0.2, 0) is 0 Å². The maximum absolute atomic E-state index is 4.89. The van der Waals surface area contributed by atoms with Gasteiger partial charge in [0.1, 0.15) is 5.82 Å². The molecule has 0 spiro atoms. The minimum atomic E-state index is 0.653. The highest BCUT2D eigenvalue weighted by Crippen LogP contribution is 2.39. The predicted molar refractivity (Wildman–Crippen MR) is 108 cm³/mol. The van der Waals surface area contributed by atoms with Crippen molar-refractivity contribution >= 4 is 28.5 Å². The summed E-state index contributed by atoms with van der Waals surface area (Å²) in [6.45, 7) is 4.08. The quantitative estimate of drug-likeness (QED) is 0.742. The Balaban J connectivity index is 1.49. The first-order valence-corrected chi connectivity index (χ1v) is 9.79. The Kier molecular flexibility index (Phi) is 4.16. The van der Waals surface area contributed by atoms with Gasteiger partial charge in [-0.3, -0.25) is 5.10 Å². The summed E-state index contributed by atoms with van der Waals surface area (Å²) in [4.78, 5) is 14.4. The van der Waals surface area contributed by atoms with Gasteiger partial charge in [0.25, 0.3) is 0 Å². The lowest BCUT2D eigenvalue weighted by atomic mass is 10.2. The van der Waals surface area contributed by atoms with E-state index in [0.29, 0.717) is 5.92 Å². The van der Waals surface area contributed by atoms with E-state index >= 15 is 0 Å². The average Bonchev–Trinajstić information content (AvgIpc) is 3.47. The Bertz CT molecular complexity index is 946. The Hall–Kier alpha value is -2.67. The normalized spacial score (nSPS) is 18.6. The average molecular weight is 363 g/mol. The first kappa shape index (κ1) is 16.5. The number of rotatable bonds is 4. The molecule has 3 heterocycles. The fraction of sp³-hybridized carbons (Fsp3) is 0.450. The van der Waals surface area contributed by atoms with Gasteiger partial charge in [-0.05, 0) is 45.0 Å². The zero-order chi connectivity index (χ0) is 18.2. The van der Waals surface area contributed by atoms with E-state index in [1.807, 2.05) is 12.1 Å². The zero-order valence-corrected chi connectivity index (χ0v) is 15.6. The van der Waals surface area contributed by atoms with E-state index in [9.17, 15) is 0 Å². The molecule has 0 amide bonds. The lowest BCUT2D eigenvalue weighted by molar-refractivity contribution is 0.360. The number of fused-ring (bicyclic) bond motifs is 1. The first-order chi connectivity index (χ1) is 13.3. The van der Waals surface area contributed by atoms with E-state index in [1.54, 1.807) is 0 Å². The largest absolute Gasteiger partial charge is 0.339 e. The molecule has 1 aliphatic carbocycles. The molecule has 1 saturated carbocycles. The summed E-state index contributed by atoms with van der Waals surface area (Å²) >= 11 is 0. The van der Waals surface area contributed by atoms with E-state index < -0.39 is 0 Å². The molecule has 7 heteroatoms. The van der Waals surface area contributed by atoms with Gasteiger partial charge in [-0.25, -0.2) is 4.98 Å². The maximum Gasteiger partial charge on any atom is 0.227 e. The molecule has 0 bridgehead atoms. The molecular formula is C20H25N7. The molecule has 2 N–H and O–H groups in total. The van der Waals surface area contributed by atoms with Crippen LogP contribution in [0.15, 0.2) is 30.3 Å². The number of hydrogen-bond acceptors (Lipinski definition) is 6. The SMILES string of the molecule is CN1CCCN(c2nc(Nc3cc(C4CC4)[nH]n3)c3ccccc3n2)CC1. The van der Waals surface area contributed by atoms with E-state index in [4.69, 9.17) is 9.97 Å². The van der Waals surface area contributed by atoms with Gasteiger partial charge >= 0.3 is 0 Å². The van der Waals surface area contributed by atoms with Crippen molar-refractivity contribution in [2.45, 2.75) is 25.2 Å². The molecule has 7 nitrogen and oxygen atoms in total. The molecule has 140 valence electrons. The number of hydrogen-bond donors (Lipinski definition) is 2. The number of anilines is 3. The summed E-state index contributed by atoms with van der Waals surface area (Å²) in [5.41, 5.74) is 2.17. The Morgan fingerprint density at radius 1 is 1.07 bits per heavy atom. The maximum atomic E-state index is 4.89. The van der Waals surface area contributed by atoms with Crippen LogP contribution in [0.5, 0.6) is 0 Å². The second kappa shape index (κ2) is 6.81. The van der Waals surface area contributed by atoms with E-state index in [2.05, 4.69) is 50.6 Å². The summed E-state index contributed by atoms with van der Waals surface area (Å²) in [7, 11) is 2.17. The number of nitrogens with zero attached hydrogens (tertiary/aromatic N) is 5. The molecule has 2 aliphatic rings. The third-order valence-corrected chi connectivity index (χ3v) is 5.46. The van der Waals surface area contributed by atoms with Crippen molar-refractivity contribution in [3.8, 4) is 0 Å². The van der Waals surface area contributed by atoms with Crippen LogP contribution in [0, 0.1) is 0 Å². The number of benzene rings is 1. The third-order valence-electron chi connectivity index (χ3n) is 5.46. The van der Waals surface area contributed by atoms with Gasteiger partial charge in [0.05, 0.1) is 5.52 Å². The lowest BCUT2D eigenvalue weighted by Gasteiger charge is -2.21. The molecule has 1 saturated heterocycles. The van der Waals surface area contributed by atoms with Crippen LogP contribution in [0.4, 0.5) is 17.6 Å². The second-order valence-corrected chi connectivity index (χ2v) is 7.64. The summed E-state index contributed by atoms with van der Waals surface area (Å²) in [6, 6.07) is 10.3. The van der Waals surface area contributed by atoms with Gasteiger partial charge in [-0.2, -0.15) is 10.1 Å². The summed E-state index contributed by atoms with van der Waals surface area (Å²) in [5, 5.41) is 12.0. The lowest BCUT2D eigenvalue weighted by Crippen LogP contribution is -2.30. The van der Waals surface area contributed by atoms with Crippen molar-refractivity contribution in [2.75, 3.05) is 43.4 Å². The van der Waals surface area contributed by atoms with Crippen molar-refractivity contribution < 1.29 is 0 Å². The van der Waals surface area contributed by atoms with Crippen LogP contribution in [-0.4, -0.2) is 58.3 Å². The molecule has 0 radical (unpaired) electrons. The molecule has 2 fully saturated rings. The number of aromatic nitrogens is 4. The Labute approximate surface area is 158 Å². The minimum Gasteiger partial charge on any atom is -0.339 e. The molecule has 3 aromatic rings. The smallest absolute Gasteiger partial charge is 0.227 e. The van der Waals surface area contributed by atoms with Crippen molar-refractivity contribution in [2.24, 2.45) is 0 Å². The third kappa shape index (κ3) is 3.47. The monoisotopic (exact) mass is 363 g/mol. The van der Waals surface area contributed by atoms with Crippen LogP contribution in [0.2, 0.25) is 0 Å². The predicted octanol–water partition coefficient (Wildman–Crippen LogP) is 3.12. The highest BCUT2D eigenvalue weighted by Gasteiger charge is 2.25. The standard InChI is InChI=1S/C20H25N7/c1-26-9-4-10-27(12-11-26)20-21-16-6-3-2-5-15(16)19(23-20)22-18-13-17(24-25-18)14-7-8-14/h2-3,5-6,13-14H,4,7-12H2,1H3,(H2,21,22,23,24,25). The molecule has 27 heavy (non-hydrogen) atoms. The molecule has 0 unspecified atom stereocenters. The van der Waals surface area contributed by atoms with Gasteiger partial charge < -0.3 is 15.1 Å². The zero-order valence-electron chi connectivity index (χ0n) is 15.6. The van der Waals surface area contributed by atoms with Crippen molar-refractivity contribution in [1.29, 1.82) is 0 Å². The number of para-hydroxylation sites is 1. The first-order valence-electron chi connectivity index (χ1n) is 9.79. The van der Waals surface area contributed by atoms with Crippen molar-refractivity contribution in [3.05, 3.63) is 36.0 Å². The van der Waals surface area contributed by atoms with Gasteiger partial charge in [0.2, 0.25) is 5.95 Å². The highest BCUT2D eigenvalue weighted by molar-refractivity contribution is 5.91. The van der Waals surface area contributed by atoms with Crippen LogP contribution in [0.25, 0.3) is 10.9 Å². The summed E-state index contributed by atoms with van der Waals surface area (Å²) in [5.74, 6) is 3.09. The molecule has 2 aromatic heterocycles. The van der Waals surface area contributed by atoms with E-state index in [0.717, 1.165) is 61.1 Å². The number of H-pyrrole nitrogens is 1. The van der Waals surface area contributed by atoms with Crippen molar-refractivity contribution in [3.63, 3.8) is 0 Å². The second-order valence-electron chi connectivity index (χ2n) is 7.64. The molecular weight excluding hydrogens is 338 g/mol. The topological polar surface area (TPSA) is 73.0 Å². The summed E-state index contributed by atoms with van der Waals surface area (Å²) in [6.07, 6.45) is 3.64.